The van der Waals surface area contributed by atoms with Gasteiger partial charge in [-0.3, -0.25) is 0 Å². The highest BCUT2D eigenvalue weighted by Gasteiger charge is 2.28. The largest absolute Gasteiger partial charge is 0.369 e. The standard InChI is InChI=1S/C18H22N2O/c1-13(2)19-11-12-20-17-10-6-5-8-15(17)14-7-3-4-9-16(14)18(20)21/h3-10,13,18-19,21H,11-12H2,1-2H3. The fourth-order valence-electron chi connectivity index (χ4n) is 2.94. The molecule has 0 fully saturated rings. The molecule has 3 rings (SSSR count). The van der Waals surface area contributed by atoms with Gasteiger partial charge in [0.25, 0.3) is 0 Å². The summed E-state index contributed by atoms with van der Waals surface area (Å²) in [6.07, 6.45) is -0.579. The SMILES string of the molecule is CC(C)NCCN1c2ccccc2-c2ccccc2C1O. The first-order valence-corrected chi connectivity index (χ1v) is 7.55. The van der Waals surface area contributed by atoms with Crippen molar-refractivity contribution in [2.45, 2.75) is 26.1 Å². The zero-order chi connectivity index (χ0) is 14.8. The molecule has 0 saturated carbocycles. The third-order valence-corrected chi connectivity index (χ3v) is 3.94. The van der Waals surface area contributed by atoms with Crippen LogP contribution in [0, 0.1) is 0 Å². The lowest BCUT2D eigenvalue weighted by molar-refractivity contribution is 0.170. The van der Waals surface area contributed by atoms with Crippen LogP contribution in [0.5, 0.6) is 0 Å². The van der Waals surface area contributed by atoms with Crippen molar-refractivity contribution in [3.05, 3.63) is 54.1 Å². The Bertz CT molecular complexity index is 624. The molecule has 1 atom stereocenters. The van der Waals surface area contributed by atoms with Gasteiger partial charge in [-0.25, -0.2) is 0 Å². The van der Waals surface area contributed by atoms with Gasteiger partial charge in [-0.05, 0) is 11.6 Å². The number of anilines is 1. The van der Waals surface area contributed by atoms with E-state index in [1.165, 1.54) is 5.56 Å². The number of benzene rings is 2. The monoisotopic (exact) mass is 282 g/mol. The van der Waals surface area contributed by atoms with Gasteiger partial charge in [-0.1, -0.05) is 56.3 Å². The normalized spacial score (nSPS) is 16.8. The third kappa shape index (κ3) is 2.67. The lowest BCUT2D eigenvalue weighted by Gasteiger charge is -2.37. The summed E-state index contributed by atoms with van der Waals surface area (Å²) in [5.41, 5.74) is 4.42. The fourth-order valence-corrected chi connectivity index (χ4v) is 2.94. The Morgan fingerprint density at radius 3 is 2.48 bits per heavy atom. The fraction of sp³-hybridized carbons (Fsp3) is 0.333. The maximum atomic E-state index is 10.7. The zero-order valence-corrected chi connectivity index (χ0v) is 12.6. The maximum absolute atomic E-state index is 10.7. The zero-order valence-electron chi connectivity index (χ0n) is 12.6. The predicted molar refractivity (Wildman–Crippen MR) is 87.3 cm³/mol. The second kappa shape index (κ2) is 5.88. The molecule has 2 aromatic rings. The molecule has 0 spiro atoms. The van der Waals surface area contributed by atoms with Gasteiger partial charge in [0.1, 0.15) is 0 Å². The molecule has 0 aromatic heterocycles. The van der Waals surface area contributed by atoms with Crippen molar-refractivity contribution in [3.63, 3.8) is 0 Å². The lowest BCUT2D eigenvalue weighted by atomic mass is 9.92. The van der Waals surface area contributed by atoms with E-state index in [-0.39, 0.29) is 0 Å². The summed E-state index contributed by atoms with van der Waals surface area (Å²) >= 11 is 0. The Labute approximate surface area is 126 Å². The van der Waals surface area contributed by atoms with Crippen molar-refractivity contribution in [1.82, 2.24) is 5.32 Å². The molecule has 3 heteroatoms. The van der Waals surface area contributed by atoms with Gasteiger partial charge < -0.3 is 15.3 Å². The first-order chi connectivity index (χ1) is 10.2. The van der Waals surface area contributed by atoms with Gasteiger partial charge in [-0.15, -0.1) is 0 Å². The van der Waals surface area contributed by atoms with Gasteiger partial charge in [0.05, 0.1) is 0 Å². The highest BCUT2D eigenvalue weighted by atomic mass is 16.3. The van der Waals surface area contributed by atoms with Gasteiger partial charge in [0.2, 0.25) is 0 Å². The third-order valence-electron chi connectivity index (χ3n) is 3.94. The molecule has 0 bridgehead atoms. The van der Waals surface area contributed by atoms with E-state index >= 15 is 0 Å². The number of para-hydroxylation sites is 1. The molecule has 1 aliphatic heterocycles. The van der Waals surface area contributed by atoms with E-state index in [4.69, 9.17) is 0 Å². The van der Waals surface area contributed by atoms with Crippen LogP contribution in [0.4, 0.5) is 5.69 Å². The summed E-state index contributed by atoms with van der Waals surface area (Å²) in [5, 5.41) is 14.1. The minimum Gasteiger partial charge on any atom is -0.369 e. The number of nitrogens with zero attached hydrogens (tertiary/aromatic N) is 1. The van der Waals surface area contributed by atoms with E-state index in [1.54, 1.807) is 0 Å². The van der Waals surface area contributed by atoms with Crippen molar-refractivity contribution in [3.8, 4) is 11.1 Å². The van der Waals surface area contributed by atoms with Gasteiger partial charge in [-0.2, -0.15) is 0 Å². The molecule has 1 heterocycles. The smallest absolute Gasteiger partial charge is 0.153 e. The number of hydrogen-bond acceptors (Lipinski definition) is 3. The molecule has 21 heavy (non-hydrogen) atoms. The Balaban J connectivity index is 1.96. The van der Waals surface area contributed by atoms with E-state index in [0.717, 1.165) is 29.9 Å². The number of aliphatic hydroxyl groups is 1. The molecule has 2 aromatic carbocycles. The molecule has 0 amide bonds. The number of fused-ring (bicyclic) bond motifs is 3. The van der Waals surface area contributed by atoms with Crippen LogP contribution in [0.1, 0.15) is 25.6 Å². The summed E-state index contributed by atoms with van der Waals surface area (Å²) in [4.78, 5) is 2.08. The molecule has 3 nitrogen and oxygen atoms in total. The topological polar surface area (TPSA) is 35.5 Å². The Morgan fingerprint density at radius 2 is 1.71 bits per heavy atom. The van der Waals surface area contributed by atoms with Crippen molar-refractivity contribution in [2.24, 2.45) is 0 Å². The van der Waals surface area contributed by atoms with Gasteiger partial charge in [0, 0.05) is 35.9 Å². The van der Waals surface area contributed by atoms with Crippen LogP contribution in [0.15, 0.2) is 48.5 Å². The Hall–Kier alpha value is -1.84. The number of hydrogen-bond donors (Lipinski definition) is 2. The Kier molecular flexibility index (Phi) is 3.95. The van der Waals surface area contributed by atoms with Crippen LogP contribution < -0.4 is 10.2 Å². The van der Waals surface area contributed by atoms with Gasteiger partial charge in [0.15, 0.2) is 6.23 Å². The first kappa shape index (κ1) is 14.1. The van der Waals surface area contributed by atoms with Crippen molar-refractivity contribution in [1.29, 1.82) is 0 Å². The lowest BCUT2D eigenvalue weighted by Crippen LogP contribution is -2.39. The molecule has 0 radical (unpaired) electrons. The molecule has 0 saturated heterocycles. The average Bonchev–Trinajstić information content (AvgIpc) is 2.50. The van der Waals surface area contributed by atoms with E-state index in [9.17, 15) is 5.11 Å². The molecule has 2 N–H and O–H groups in total. The summed E-state index contributed by atoms with van der Waals surface area (Å²) in [6.45, 7) is 5.90. The minimum absolute atomic E-state index is 0.453. The van der Waals surface area contributed by atoms with Crippen molar-refractivity contribution < 1.29 is 5.11 Å². The quantitative estimate of drug-likeness (QED) is 0.904. The highest BCUT2D eigenvalue weighted by molar-refractivity contribution is 5.84. The predicted octanol–water partition coefficient (Wildman–Crippen LogP) is 3.16. The molecular formula is C18H22N2O. The van der Waals surface area contributed by atoms with Crippen molar-refractivity contribution in [2.75, 3.05) is 18.0 Å². The van der Waals surface area contributed by atoms with Crippen LogP contribution in [-0.2, 0) is 0 Å². The molecule has 1 unspecified atom stereocenters. The van der Waals surface area contributed by atoms with E-state index in [0.29, 0.717) is 6.04 Å². The molecule has 0 aliphatic carbocycles. The van der Waals surface area contributed by atoms with Crippen molar-refractivity contribution >= 4 is 5.69 Å². The summed E-state index contributed by atoms with van der Waals surface area (Å²) in [7, 11) is 0. The highest BCUT2D eigenvalue weighted by Crippen LogP contribution is 2.43. The molecule has 1 aliphatic rings. The number of rotatable bonds is 4. The van der Waals surface area contributed by atoms with Crippen LogP contribution in [-0.4, -0.2) is 24.2 Å². The Morgan fingerprint density at radius 1 is 1.05 bits per heavy atom. The van der Waals surface area contributed by atoms with Crippen LogP contribution in [0.2, 0.25) is 0 Å². The van der Waals surface area contributed by atoms with Crippen LogP contribution in [0.25, 0.3) is 11.1 Å². The molecular weight excluding hydrogens is 260 g/mol. The minimum atomic E-state index is -0.579. The van der Waals surface area contributed by atoms with E-state index in [1.807, 2.05) is 24.3 Å². The number of aliphatic hydroxyl groups excluding tert-OH is 1. The van der Waals surface area contributed by atoms with Gasteiger partial charge >= 0.3 is 0 Å². The van der Waals surface area contributed by atoms with Crippen LogP contribution >= 0.6 is 0 Å². The first-order valence-electron chi connectivity index (χ1n) is 7.55. The summed E-state index contributed by atoms with van der Waals surface area (Å²) in [6, 6.07) is 16.9. The molecule has 110 valence electrons. The maximum Gasteiger partial charge on any atom is 0.153 e. The summed E-state index contributed by atoms with van der Waals surface area (Å²) in [5.74, 6) is 0. The average molecular weight is 282 g/mol. The summed E-state index contributed by atoms with van der Waals surface area (Å²) < 4.78 is 0. The van der Waals surface area contributed by atoms with Crippen LogP contribution in [0.3, 0.4) is 0 Å². The second-order valence-corrected chi connectivity index (χ2v) is 5.78. The number of nitrogens with one attached hydrogen (secondary N) is 1. The van der Waals surface area contributed by atoms with E-state index < -0.39 is 6.23 Å². The second-order valence-electron chi connectivity index (χ2n) is 5.78. The van der Waals surface area contributed by atoms with E-state index in [2.05, 4.69) is 48.3 Å².